The first kappa shape index (κ1) is 17.5. The van der Waals surface area contributed by atoms with Gasteiger partial charge in [0.1, 0.15) is 0 Å². The maximum atomic E-state index is 5.90. The molecule has 3 N–H and O–H groups in total. The molecule has 1 aromatic carbocycles. The summed E-state index contributed by atoms with van der Waals surface area (Å²) in [7, 11) is 1.93. The Labute approximate surface area is 142 Å². The topological polar surface area (TPSA) is 68.2 Å². The highest BCUT2D eigenvalue weighted by molar-refractivity contribution is 14.0. The summed E-state index contributed by atoms with van der Waals surface area (Å²) in [6, 6.07) is 8.22. The van der Waals surface area contributed by atoms with Gasteiger partial charge in [-0.2, -0.15) is 5.10 Å². The van der Waals surface area contributed by atoms with Crippen molar-refractivity contribution < 1.29 is 0 Å². The Morgan fingerprint density at radius 3 is 2.52 bits per heavy atom. The number of guanidine groups is 1. The molecule has 5 nitrogen and oxygen atoms in total. The van der Waals surface area contributed by atoms with Crippen molar-refractivity contribution in [3.05, 3.63) is 47.3 Å². The Hall–Kier alpha value is -1.57. The molecule has 0 fully saturated rings. The van der Waals surface area contributed by atoms with Gasteiger partial charge >= 0.3 is 0 Å². The van der Waals surface area contributed by atoms with Gasteiger partial charge in [0.25, 0.3) is 0 Å². The van der Waals surface area contributed by atoms with Crippen LogP contribution in [0.5, 0.6) is 0 Å². The number of hydrogen-bond acceptors (Lipinski definition) is 2. The first-order valence-electron chi connectivity index (χ1n) is 6.67. The molecule has 0 aliphatic heterocycles. The molecule has 6 heteroatoms. The van der Waals surface area contributed by atoms with Crippen molar-refractivity contribution in [3.8, 4) is 0 Å². The standard InChI is InChI=1S/C15H21N5.HI/c1-11-8-12(2)10-13(9-11)19-15(16)17-6-4-14-5-7-18-20(14)3;/h5,7-10H,4,6H2,1-3H3,(H3,16,17,19);1H. The van der Waals surface area contributed by atoms with E-state index >= 15 is 0 Å². The highest BCUT2D eigenvalue weighted by atomic mass is 127. The Bertz CT molecular complexity index is 598. The van der Waals surface area contributed by atoms with E-state index in [0.717, 1.165) is 17.8 Å². The number of hydrogen-bond donors (Lipinski definition) is 2. The van der Waals surface area contributed by atoms with Gasteiger partial charge in [-0.1, -0.05) is 6.07 Å². The van der Waals surface area contributed by atoms with Crippen LogP contribution in [0, 0.1) is 13.8 Å². The first-order chi connectivity index (χ1) is 9.54. The fraction of sp³-hybridized carbons (Fsp3) is 0.333. The summed E-state index contributed by atoms with van der Waals surface area (Å²) in [5.74, 6) is 0.442. The van der Waals surface area contributed by atoms with Crippen molar-refractivity contribution >= 4 is 35.6 Å². The number of nitrogens with one attached hydrogen (secondary N) is 1. The van der Waals surface area contributed by atoms with Crippen molar-refractivity contribution in [2.24, 2.45) is 17.8 Å². The lowest BCUT2D eigenvalue weighted by molar-refractivity contribution is 0.706. The van der Waals surface area contributed by atoms with Gasteiger partial charge in [0, 0.05) is 37.6 Å². The predicted octanol–water partition coefficient (Wildman–Crippen LogP) is 2.62. The summed E-state index contributed by atoms with van der Waals surface area (Å²) in [4.78, 5) is 4.34. The SMILES string of the molecule is Cc1cc(C)cc(NC(N)=NCCc2ccnn2C)c1.I. The molecule has 0 atom stereocenters. The lowest BCUT2D eigenvalue weighted by Gasteiger charge is -2.08. The van der Waals surface area contributed by atoms with Gasteiger partial charge in [-0.3, -0.25) is 9.67 Å². The molecule has 2 aromatic rings. The maximum Gasteiger partial charge on any atom is 0.193 e. The molecular weight excluding hydrogens is 377 g/mol. The van der Waals surface area contributed by atoms with Gasteiger partial charge in [0.15, 0.2) is 5.96 Å². The van der Waals surface area contributed by atoms with E-state index in [9.17, 15) is 0 Å². The van der Waals surface area contributed by atoms with Crippen LogP contribution in [0.25, 0.3) is 0 Å². The zero-order chi connectivity index (χ0) is 14.5. The van der Waals surface area contributed by atoms with E-state index in [2.05, 4.69) is 47.5 Å². The molecule has 0 saturated carbocycles. The molecule has 0 aliphatic rings. The van der Waals surface area contributed by atoms with Gasteiger partial charge in [-0.05, 0) is 43.2 Å². The summed E-state index contributed by atoms with van der Waals surface area (Å²) >= 11 is 0. The minimum absolute atomic E-state index is 0. The second-order valence-electron chi connectivity index (χ2n) is 4.96. The molecule has 1 aromatic heterocycles. The fourth-order valence-electron chi connectivity index (χ4n) is 2.17. The monoisotopic (exact) mass is 399 g/mol. The minimum atomic E-state index is 0. The molecular formula is C15H22IN5. The van der Waals surface area contributed by atoms with Crippen LogP contribution in [-0.4, -0.2) is 22.3 Å². The largest absolute Gasteiger partial charge is 0.370 e. The number of aryl methyl sites for hydroxylation is 3. The van der Waals surface area contributed by atoms with Crippen molar-refractivity contribution in [2.75, 3.05) is 11.9 Å². The normalized spacial score (nSPS) is 11.1. The van der Waals surface area contributed by atoms with E-state index in [1.54, 1.807) is 6.20 Å². The number of halogens is 1. The van der Waals surface area contributed by atoms with Crippen LogP contribution < -0.4 is 11.1 Å². The second kappa shape index (κ2) is 8.02. The fourth-order valence-corrected chi connectivity index (χ4v) is 2.17. The molecule has 0 amide bonds. The lowest BCUT2D eigenvalue weighted by Crippen LogP contribution is -2.23. The third kappa shape index (κ3) is 5.37. The highest BCUT2D eigenvalue weighted by Gasteiger charge is 1.99. The highest BCUT2D eigenvalue weighted by Crippen LogP contribution is 2.13. The molecule has 0 radical (unpaired) electrons. The van der Waals surface area contributed by atoms with Gasteiger partial charge < -0.3 is 11.1 Å². The summed E-state index contributed by atoms with van der Waals surface area (Å²) in [6.07, 6.45) is 2.61. The molecule has 114 valence electrons. The van der Waals surface area contributed by atoms with Crippen LogP contribution in [-0.2, 0) is 13.5 Å². The number of nitrogens with two attached hydrogens (primary N) is 1. The van der Waals surface area contributed by atoms with E-state index in [1.807, 2.05) is 17.8 Å². The summed E-state index contributed by atoms with van der Waals surface area (Å²) in [5, 5.41) is 7.25. The number of benzene rings is 1. The summed E-state index contributed by atoms with van der Waals surface area (Å²) in [6.45, 7) is 4.77. The zero-order valence-electron chi connectivity index (χ0n) is 12.6. The van der Waals surface area contributed by atoms with E-state index in [-0.39, 0.29) is 24.0 Å². The van der Waals surface area contributed by atoms with Gasteiger partial charge in [0.2, 0.25) is 0 Å². The summed E-state index contributed by atoms with van der Waals surface area (Å²) < 4.78 is 1.85. The van der Waals surface area contributed by atoms with Crippen LogP contribution in [0.3, 0.4) is 0 Å². The maximum absolute atomic E-state index is 5.90. The van der Waals surface area contributed by atoms with Gasteiger partial charge in [0.05, 0.1) is 0 Å². The number of anilines is 1. The van der Waals surface area contributed by atoms with Crippen LogP contribution in [0.1, 0.15) is 16.8 Å². The van der Waals surface area contributed by atoms with E-state index in [1.165, 1.54) is 11.1 Å². The second-order valence-corrected chi connectivity index (χ2v) is 4.96. The Morgan fingerprint density at radius 2 is 1.95 bits per heavy atom. The van der Waals surface area contributed by atoms with E-state index < -0.39 is 0 Å². The van der Waals surface area contributed by atoms with Gasteiger partial charge in [-0.25, -0.2) is 0 Å². The molecule has 0 aliphatic carbocycles. The van der Waals surface area contributed by atoms with Crippen LogP contribution in [0.2, 0.25) is 0 Å². The van der Waals surface area contributed by atoms with Crippen LogP contribution in [0.4, 0.5) is 5.69 Å². The lowest BCUT2D eigenvalue weighted by atomic mass is 10.1. The van der Waals surface area contributed by atoms with Crippen molar-refractivity contribution in [3.63, 3.8) is 0 Å². The molecule has 2 rings (SSSR count). The van der Waals surface area contributed by atoms with Crippen molar-refractivity contribution in [1.82, 2.24) is 9.78 Å². The zero-order valence-corrected chi connectivity index (χ0v) is 15.0. The number of nitrogens with zero attached hydrogens (tertiary/aromatic N) is 3. The number of rotatable bonds is 4. The molecule has 21 heavy (non-hydrogen) atoms. The third-order valence-corrected chi connectivity index (χ3v) is 3.07. The first-order valence-corrected chi connectivity index (χ1v) is 6.67. The quantitative estimate of drug-likeness (QED) is 0.472. The Kier molecular flexibility index (Phi) is 6.67. The van der Waals surface area contributed by atoms with E-state index in [4.69, 9.17) is 5.73 Å². The van der Waals surface area contributed by atoms with Crippen molar-refractivity contribution in [1.29, 1.82) is 0 Å². The third-order valence-electron chi connectivity index (χ3n) is 3.07. The molecule has 1 heterocycles. The van der Waals surface area contributed by atoms with Crippen molar-refractivity contribution in [2.45, 2.75) is 20.3 Å². The smallest absolute Gasteiger partial charge is 0.193 e. The number of aromatic nitrogens is 2. The molecule has 0 saturated heterocycles. The Morgan fingerprint density at radius 1 is 1.29 bits per heavy atom. The predicted molar refractivity (Wildman–Crippen MR) is 98.4 cm³/mol. The van der Waals surface area contributed by atoms with Crippen LogP contribution in [0.15, 0.2) is 35.5 Å². The summed E-state index contributed by atoms with van der Waals surface area (Å²) in [5.41, 5.74) is 10.4. The average Bonchev–Trinajstić information content (AvgIpc) is 2.73. The average molecular weight is 399 g/mol. The number of aliphatic imine (C=N–C) groups is 1. The Balaban J connectivity index is 0.00000220. The van der Waals surface area contributed by atoms with Gasteiger partial charge in [-0.15, -0.1) is 24.0 Å². The molecule has 0 unspecified atom stereocenters. The molecule has 0 spiro atoms. The minimum Gasteiger partial charge on any atom is -0.370 e. The van der Waals surface area contributed by atoms with E-state index in [0.29, 0.717) is 12.5 Å². The van der Waals surface area contributed by atoms with Crippen LogP contribution >= 0.6 is 24.0 Å². The molecule has 0 bridgehead atoms.